The summed E-state index contributed by atoms with van der Waals surface area (Å²) < 4.78 is 0.644. The molecule has 2 rings (SSSR count). The standard InChI is InChI=1S/C11H13N5O2S2/c1-3-6-12-9-5-4-8(16(17)18)10(13-9)20-11-15-14-7(2)19-11/h4-5H,3,6H2,1-2H3,(H,12,13). The van der Waals surface area contributed by atoms with Gasteiger partial charge in [-0.1, -0.05) is 18.3 Å². The highest BCUT2D eigenvalue weighted by molar-refractivity contribution is 8.01. The van der Waals surface area contributed by atoms with Crippen molar-refractivity contribution in [3.05, 3.63) is 27.3 Å². The van der Waals surface area contributed by atoms with Crippen molar-refractivity contribution in [3.63, 3.8) is 0 Å². The summed E-state index contributed by atoms with van der Waals surface area (Å²) in [6.45, 7) is 4.65. The van der Waals surface area contributed by atoms with E-state index in [1.54, 1.807) is 6.07 Å². The van der Waals surface area contributed by atoms with Crippen LogP contribution >= 0.6 is 23.1 Å². The molecule has 0 radical (unpaired) electrons. The van der Waals surface area contributed by atoms with Crippen LogP contribution in [0.2, 0.25) is 0 Å². The SMILES string of the molecule is CCCNc1ccc([N+](=O)[O-])c(Sc2nnc(C)s2)n1. The van der Waals surface area contributed by atoms with Gasteiger partial charge in [-0.25, -0.2) is 4.98 Å². The Morgan fingerprint density at radius 1 is 1.45 bits per heavy atom. The van der Waals surface area contributed by atoms with Gasteiger partial charge in [0.05, 0.1) is 4.92 Å². The summed E-state index contributed by atoms with van der Waals surface area (Å²) in [7, 11) is 0. The van der Waals surface area contributed by atoms with Gasteiger partial charge in [-0.2, -0.15) is 0 Å². The van der Waals surface area contributed by atoms with E-state index in [2.05, 4.69) is 20.5 Å². The van der Waals surface area contributed by atoms with Crippen molar-refractivity contribution < 1.29 is 4.92 Å². The molecule has 106 valence electrons. The first-order chi connectivity index (χ1) is 9.60. The third-order valence-electron chi connectivity index (χ3n) is 2.28. The fraction of sp³-hybridized carbons (Fsp3) is 0.364. The number of anilines is 1. The molecule has 0 amide bonds. The normalized spacial score (nSPS) is 10.5. The zero-order valence-electron chi connectivity index (χ0n) is 11.0. The van der Waals surface area contributed by atoms with Gasteiger partial charge >= 0.3 is 5.69 Å². The Labute approximate surface area is 124 Å². The zero-order valence-corrected chi connectivity index (χ0v) is 12.6. The van der Waals surface area contributed by atoms with E-state index in [-0.39, 0.29) is 5.69 Å². The fourth-order valence-electron chi connectivity index (χ4n) is 1.40. The van der Waals surface area contributed by atoms with Crippen molar-refractivity contribution in [1.29, 1.82) is 0 Å². The molecule has 20 heavy (non-hydrogen) atoms. The first-order valence-corrected chi connectivity index (χ1v) is 7.60. The van der Waals surface area contributed by atoms with E-state index in [1.807, 2.05) is 13.8 Å². The number of aromatic nitrogens is 3. The Hall–Kier alpha value is -1.74. The van der Waals surface area contributed by atoms with Gasteiger partial charge in [0.25, 0.3) is 0 Å². The molecule has 0 aliphatic rings. The number of aryl methyl sites for hydroxylation is 1. The molecule has 0 fully saturated rings. The third-order valence-corrected chi connectivity index (χ3v) is 4.17. The van der Waals surface area contributed by atoms with Crippen LogP contribution in [0.25, 0.3) is 0 Å². The second kappa shape index (κ2) is 6.62. The van der Waals surface area contributed by atoms with Crippen LogP contribution in [0.1, 0.15) is 18.4 Å². The summed E-state index contributed by atoms with van der Waals surface area (Å²) in [5, 5.41) is 23.1. The van der Waals surface area contributed by atoms with Crippen LogP contribution in [0, 0.1) is 17.0 Å². The molecule has 0 aromatic carbocycles. The van der Waals surface area contributed by atoms with Crippen LogP contribution in [0.4, 0.5) is 11.5 Å². The van der Waals surface area contributed by atoms with E-state index < -0.39 is 4.92 Å². The highest BCUT2D eigenvalue weighted by Gasteiger charge is 2.19. The molecule has 0 saturated carbocycles. The molecule has 0 atom stereocenters. The highest BCUT2D eigenvalue weighted by atomic mass is 32.2. The molecule has 0 bridgehead atoms. The summed E-state index contributed by atoms with van der Waals surface area (Å²) in [6.07, 6.45) is 0.955. The first kappa shape index (κ1) is 14.7. The maximum Gasteiger partial charge on any atom is 0.301 e. The van der Waals surface area contributed by atoms with E-state index in [4.69, 9.17) is 0 Å². The molecule has 2 heterocycles. The van der Waals surface area contributed by atoms with Crippen molar-refractivity contribution in [3.8, 4) is 0 Å². The lowest BCUT2D eigenvalue weighted by Gasteiger charge is -2.05. The average Bonchev–Trinajstić information content (AvgIpc) is 2.81. The summed E-state index contributed by atoms with van der Waals surface area (Å²) in [6, 6.07) is 3.07. The zero-order chi connectivity index (χ0) is 14.5. The maximum atomic E-state index is 11.0. The van der Waals surface area contributed by atoms with E-state index in [1.165, 1.54) is 17.4 Å². The van der Waals surface area contributed by atoms with Gasteiger partial charge in [0, 0.05) is 12.6 Å². The van der Waals surface area contributed by atoms with Gasteiger partial charge < -0.3 is 5.32 Å². The minimum atomic E-state index is -0.438. The predicted octanol–water partition coefficient (Wildman–Crippen LogP) is 3.12. The smallest absolute Gasteiger partial charge is 0.301 e. The van der Waals surface area contributed by atoms with Crippen LogP contribution < -0.4 is 5.32 Å². The van der Waals surface area contributed by atoms with Gasteiger partial charge in [0.2, 0.25) is 0 Å². The molecule has 0 spiro atoms. The fourth-order valence-corrected chi connectivity index (χ4v) is 3.22. The van der Waals surface area contributed by atoms with Crippen molar-refractivity contribution in [1.82, 2.24) is 15.2 Å². The van der Waals surface area contributed by atoms with Crippen LogP contribution in [-0.2, 0) is 0 Å². The molecule has 0 aliphatic carbocycles. The minimum absolute atomic E-state index is 0.0232. The second-order valence-corrected chi connectivity index (χ2v) is 6.31. The van der Waals surface area contributed by atoms with Gasteiger partial charge in [-0.05, 0) is 31.2 Å². The number of hydrogen-bond donors (Lipinski definition) is 1. The first-order valence-electron chi connectivity index (χ1n) is 5.97. The number of rotatable bonds is 6. The van der Waals surface area contributed by atoms with E-state index in [0.29, 0.717) is 15.2 Å². The maximum absolute atomic E-state index is 11.0. The topological polar surface area (TPSA) is 93.8 Å². The van der Waals surface area contributed by atoms with Crippen molar-refractivity contribution in [2.45, 2.75) is 29.6 Å². The number of nitrogens with one attached hydrogen (secondary N) is 1. The second-order valence-electron chi connectivity index (χ2n) is 3.89. The summed E-state index contributed by atoms with van der Waals surface area (Å²) in [4.78, 5) is 14.9. The van der Waals surface area contributed by atoms with E-state index in [0.717, 1.165) is 29.7 Å². The number of pyridine rings is 1. The number of hydrogen-bond acceptors (Lipinski definition) is 8. The quantitative estimate of drug-likeness (QED) is 0.647. The number of nitrogens with zero attached hydrogens (tertiary/aromatic N) is 4. The molecule has 9 heteroatoms. The van der Waals surface area contributed by atoms with Crippen LogP contribution in [0.3, 0.4) is 0 Å². The van der Waals surface area contributed by atoms with Gasteiger partial charge in [-0.15, -0.1) is 10.2 Å². The van der Waals surface area contributed by atoms with Crippen LogP contribution in [0.5, 0.6) is 0 Å². The monoisotopic (exact) mass is 311 g/mol. The van der Waals surface area contributed by atoms with Crippen LogP contribution in [0.15, 0.2) is 21.5 Å². The van der Waals surface area contributed by atoms with Gasteiger partial charge in [0.15, 0.2) is 9.37 Å². The molecule has 7 nitrogen and oxygen atoms in total. The molecular weight excluding hydrogens is 298 g/mol. The molecule has 1 N–H and O–H groups in total. The highest BCUT2D eigenvalue weighted by Crippen LogP contribution is 2.35. The Bertz CT molecular complexity index is 617. The van der Waals surface area contributed by atoms with Gasteiger partial charge in [0.1, 0.15) is 10.8 Å². The van der Waals surface area contributed by atoms with Crippen molar-refractivity contribution in [2.24, 2.45) is 0 Å². The number of nitro groups is 1. The average molecular weight is 311 g/mol. The Kier molecular flexibility index (Phi) is 4.85. The third kappa shape index (κ3) is 3.64. The molecule has 2 aromatic rings. The lowest BCUT2D eigenvalue weighted by atomic mass is 10.4. The molecule has 0 unspecified atom stereocenters. The summed E-state index contributed by atoms with van der Waals surface area (Å²) >= 11 is 2.55. The summed E-state index contributed by atoms with van der Waals surface area (Å²) in [5.74, 6) is 0.626. The Balaban J connectivity index is 2.28. The van der Waals surface area contributed by atoms with E-state index in [9.17, 15) is 10.1 Å². The molecule has 0 aliphatic heterocycles. The minimum Gasteiger partial charge on any atom is -0.370 e. The summed E-state index contributed by atoms with van der Waals surface area (Å²) in [5.41, 5.74) is -0.0232. The molecule has 0 saturated heterocycles. The lowest BCUT2D eigenvalue weighted by molar-refractivity contribution is -0.388. The van der Waals surface area contributed by atoms with Crippen molar-refractivity contribution in [2.75, 3.05) is 11.9 Å². The molecule has 2 aromatic heterocycles. The molecular formula is C11H13N5O2S2. The predicted molar refractivity (Wildman–Crippen MR) is 78.4 cm³/mol. The Morgan fingerprint density at radius 2 is 2.25 bits per heavy atom. The van der Waals surface area contributed by atoms with Gasteiger partial charge in [-0.3, -0.25) is 10.1 Å². The largest absolute Gasteiger partial charge is 0.370 e. The van der Waals surface area contributed by atoms with E-state index >= 15 is 0 Å². The van der Waals surface area contributed by atoms with Crippen molar-refractivity contribution >= 4 is 34.6 Å². The lowest BCUT2D eigenvalue weighted by Crippen LogP contribution is -2.03. The van der Waals surface area contributed by atoms with Crippen LogP contribution in [-0.4, -0.2) is 26.6 Å². The Morgan fingerprint density at radius 3 is 2.85 bits per heavy atom.